The molecule has 0 radical (unpaired) electrons. The van der Waals surface area contributed by atoms with Crippen LogP contribution < -0.4 is 15.4 Å². The maximum absolute atomic E-state index is 12.4. The monoisotopic (exact) mass is 365 g/mol. The lowest BCUT2D eigenvalue weighted by molar-refractivity contribution is 0.0940. The fourth-order valence-electron chi connectivity index (χ4n) is 2.51. The molecule has 1 fully saturated rings. The number of carbonyl (C=O) groups is 1. The summed E-state index contributed by atoms with van der Waals surface area (Å²) in [6, 6.07) is 9.94. The summed E-state index contributed by atoms with van der Waals surface area (Å²) in [5.74, 6) is -0.251. The summed E-state index contributed by atoms with van der Waals surface area (Å²) in [5.41, 5.74) is 0.348. The minimum atomic E-state index is -3.66. The molecule has 1 saturated heterocycles. The van der Waals surface area contributed by atoms with E-state index >= 15 is 0 Å². The van der Waals surface area contributed by atoms with Crippen molar-refractivity contribution in [1.82, 2.24) is 15.4 Å². The lowest BCUT2D eigenvalue weighted by Gasteiger charge is -2.12. The van der Waals surface area contributed by atoms with Gasteiger partial charge in [0.15, 0.2) is 0 Å². The van der Waals surface area contributed by atoms with Gasteiger partial charge >= 0.3 is 0 Å². The first-order valence-corrected chi connectivity index (χ1v) is 10.0. The Hall–Kier alpha value is -1.74. The Labute approximate surface area is 145 Å². The van der Waals surface area contributed by atoms with Gasteiger partial charge in [0.25, 0.3) is 5.91 Å². The van der Waals surface area contributed by atoms with Crippen LogP contribution in [0.25, 0.3) is 0 Å². The van der Waals surface area contributed by atoms with Crippen LogP contribution in [0.2, 0.25) is 0 Å². The highest BCUT2D eigenvalue weighted by molar-refractivity contribution is 7.89. The summed E-state index contributed by atoms with van der Waals surface area (Å²) in [6.45, 7) is 1.86. The topological polar surface area (TPSA) is 87.3 Å². The van der Waals surface area contributed by atoms with E-state index in [4.69, 9.17) is 0 Å². The molecule has 24 heavy (non-hydrogen) atoms. The smallest absolute Gasteiger partial charge is 0.251 e. The molecule has 1 aromatic carbocycles. The molecule has 6 nitrogen and oxygen atoms in total. The molecule has 0 bridgehead atoms. The van der Waals surface area contributed by atoms with E-state index in [1.54, 1.807) is 12.1 Å². The zero-order chi connectivity index (χ0) is 17.0. The van der Waals surface area contributed by atoms with Crippen molar-refractivity contribution in [2.75, 3.05) is 13.1 Å². The Kier molecular flexibility index (Phi) is 5.30. The van der Waals surface area contributed by atoms with E-state index in [0.29, 0.717) is 5.56 Å². The number of nitrogens with one attached hydrogen (secondary N) is 3. The standard InChI is InChI=1S/C16H19N3O3S2/c20-16(19-13-6-7-17-10-13)12-3-1-5-15(9-12)24(21,22)18-11-14-4-2-8-23-14/h1-5,8-9,13,17-18H,6-7,10-11H2,(H,19,20). The minimum absolute atomic E-state index is 0.0923. The molecule has 1 aliphatic rings. The number of rotatable bonds is 6. The molecule has 1 amide bonds. The number of benzene rings is 1. The molecule has 1 atom stereocenters. The van der Waals surface area contributed by atoms with Gasteiger partial charge in [-0.1, -0.05) is 12.1 Å². The van der Waals surface area contributed by atoms with Crippen molar-refractivity contribution in [3.05, 3.63) is 52.2 Å². The molecule has 8 heteroatoms. The van der Waals surface area contributed by atoms with Crippen molar-refractivity contribution in [2.24, 2.45) is 0 Å². The second kappa shape index (κ2) is 7.43. The summed E-state index contributed by atoms with van der Waals surface area (Å²) in [7, 11) is -3.66. The SMILES string of the molecule is O=C(NC1CCNC1)c1cccc(S(=O)(=O)NCc2cccs2)c1. The molecule has 2 heterocycles. The fraction of sp³-hybridized carbons (Fsp3) is 0.312. The molecule has 2 aromatic rings. The normalized spacial score (nSPS) is 17.8. The zero-order valence-electron chi connectivity index (χ0n) is 13.0. The van der Waals surface area contributed by atoms with E-state index in [2.05, 4.69) is 15.4 Å². The number of hydrogen-bond acceptors (Lipinski definition) is 5. The second-order valence-electron chi connectivity index (χ2n) is 5.59. The van der Waals surface area contributed by atoms with Gasteiger partial charge in [0, 0.05) is 29.6 Å². The van der Waals surface area contributed by atoms with Gasteiger partial charge in [0.05, 0.1) is 4.90 Å². The molecule has 3 rings (SSSR count). The molecule has 1 aromatic heterocycles. The summed E-state index contributed by atoms with van der Waals surface area (Å²) in [4.78, 5) is 13.3. The largest absolute Gasteiger partial charge is 0.348 e. The van der Waals surface area contributed by atoms with Crippen LogP contribution in [0.4, 0.5) is 0 Å². The third kappa shape index (κ3) is 4.21. The Morgan fingerprint density at radius 1 is 1.29 bits per heavy atom. The second-order valence-corrected chi connectivity index (χ2v) is 8.39. The van der Waals surface area contributed by atoms with Crippen LogP contribution in [0, 0.1) is 0 Å². The molecule has 3 N–H and O–H groups in total. The number of thiophene rings is 1. The van der Waals surface area contributed by atoms with Crippen molar-refractivity contribution < 1.29 is 13.2 Å². The van der Waals surface area contributed by atoms with Gasteiger partial charge in [-0.3, -0.25) is 4.79 Å². The molecular formula is C16H19N3O3S2. The van der Waals surface area contributed by atoms with Crippen LogP contribution in [0.5, 0.6) is 0 Å². The van der Waals surface area contributed by atoms with Crippen molar-refractivity contribution in [1.29, 1.82) is 0 Å². The number of amides is 1. The van der Waals surface area contributed by atoms with Crippen LogP contribution in [-0.2, 0) is 16.6 Å². The van der Waals surface area contributed by atoms with E-state index in [0.717, 1.165) is 24.4 Å². The molecule has 128 valence electrons. The van der Waals surface area contributed by atoms with Gasteiger partial charge in [-0.05, 0) is 42.6 Å². The van der Waals surface area contributed by atoms with Crippen molar-refractivity contribution in [3.8, 4) is 0 Å². The summed E-state index contributed by atoms with van der Waals surface area (Å²) in [6.07, 6.45) is 0.881. The quantitative estimate of drug-likeness (QED) is 0.720. The van der Waals surface area contributed by atoms with E-state index in [9.17, 15) is 13.2 Å². The Bertz CT molecular complexity index is 798. The maximum atomic E-state index is 12.4. The molecule has 0 saturated carbocycles. The average Bonchev–Trinajstić information content (AvgIpc) is 3.27. The van der Waals surface area contributed by atoms with Crippen LogP contribution in [0.3, 0.4) is 0 Å². The summed E-state index contributed by atoms with van der Waals surface area (Å²) in [5, 5.41) is 7.98. The third-order valence-corrected chi connectivity index (χ3v) is 6.09. The Morgan fingerprint density at radius 2 is 2.17 bits per heavy atom. The highest BCUT2D eigenvalue weighted by atomic mass is 32.2. The number of carbonyl (C=O) groups excluding carboxylic acids is 1. The molecular weight excluding hydrogens is 346 g/mol. The molecule has 0 spiro atoms. The average molecular weight is 365 g/mol. The Balaban J connectivity index is 1.70. The zero-order valence-corrected chi connectivity index (χ0v) is 14.6. The molecule has 1 aliphatic heterocycles. The van der Waals surface area contributed by atoms with Gasteiger partial charge in [0.2, 0.25) is 10.0 Å². The summed E-state index contributed by atoms with van der Waals surface area (Å²) < 4.78 is 27.4. The van der Waals surface area contributed by atoms with E-state index in [1.165, 1.54) is 23.5 Å². The summed E-state index contributed by atoms with van der Waals surface area (Å²) >= 11 is 1.49. The van der Waals surface area contributed by atoms with Crippen molar-refractivity contribution in [3.63, 3.8) is 0 Å². The predicted molar refractivity (Wildman–Crippen MR) is 93.5 cm³/mol. The lowest BCUT2D eigenvalue weighted by atomic mass is 10.2. The molecule has 0 aliphatic carbocycles. The van der Waals surface area contributed by atoms with E-state index in [-0.39, 0.29) is 23.4 Å². The highest BCUT2D eigenvalue weighted by Crippen LogP contribution is 2.14. The first-order valence-electron chi connectivity index (χ1n) is 7.68. The van der Waals surface area contributed by atoms with Gasteiger partial charge in [0.1, 0.15) is 0 Å². The molecule has 1 unspecified atom stereocenters. The van der Waals surface area contributed by atoms with E-state index in [1.807, 2.05) is 17.5 Å². The first kappa shape index (κ1) is 17.1. The third-order valence-electron chi connectivity index (χ3n) is 3.82. The Morgan fingerprint density at radius 3 is 2.88 bits per heavy atom. The van der Waals surface area contributed by atoms with Gasteiger partial charge in [-0.2, -0.15) is 0 Å². The first-order chi connectivity index (χ1) is 11.5. The van der Waals surface area contributed by atoms with Crippen molar-refractivity contribution >= 4 is 27.3 Å². The van der Waals surface area contributed by atoms with E-state index < -0.39 is 10.0 Å². The van der Waals surface area contributed by atoms with Gasteiger partial charge in [-0.15, -0.1) is 11.3 Å². The minimum Gasteiger partial charge on any atom is -0.348 e. The van der Waals surface area contributed by atoms with Gasteiger partial charge in [-0.25, -0.2) is 13.1 Å². The van der Waals surface area contributed by atoms with Crippen LogP contribution in [-0.4, -0.2) is 33.5 Å². The fourth-order valence-corrected chi connectivity index (χ4v) is 4.30. The van der Waals surface area contributed by atoms with Gasteiger partial charge < -0.3 is 10.6 Å². The lowest BCUT2D eigenvalue weighted by Crippen LogP contribution is -2.36. The highest BCUT2D eigenvalue weighted by Gasteiger charge is 2.20. The van der Waals surface area contributed by atoms with Crippen molar-refractivity contribution in [2.45, 2.75) is 23.9 Å². The van der Waals surface area contributed by atoms with Crippen LogP contribution in [0.15, 0.2) is 46.7 Å². The number of sulfonamides is 1. The number of hydrogen-bond donors (Lipinski definition) is 3. The predicted octanol–water partition coefficient (Wildman–Crippen LogP) is 1.32. The van der Waals surface area contributed by atoms with Crippen LogP contribution in [0.1, 0.15) is 21.7 Å². The van der Waals surface area contributed by atoms with Crippen LogP contribution >= 0.6 is 11.3 Å². The maximum Gasteiger partial charge on any atom is 0.251 e.